The summed E-state index contributed by atoms with van der Waals surface area (Å²) in [5.41, 5.74) is 0.373. The van der Waals surface area contributed by atoms with E-state index >= 15 is 0 Å². The normalized spacial score (nSPS) is 10.4. The number of nitrogens with zero attached hydrogens (tertiary/aromatic N) is 1. The van der Waals surface area contributed by atoms with Crippen molar-refractivity contribution in [2.45, 2.75) is 13.2 Å². The molecule has 0 spiro atoms. The Morgan fingerprint density at radius 3 is 2.76 bits per heavy atom. The molecule has 0 aromatic heterocycles. The second kappa shape index (κ2) is 6.51. The number of nitro benzene ring substituents is 1. The molecule has 2 aromatic carbocycles. The zero-order valence-electron chi connectivity index (χ0n) is 10.8. The van der Waals surface area contributed by atoms with Crippen LogP contribution in [0.2, 0.25) is 5.02 Å². The van der Waals surface area contributed by atoms with E-state index in [1.807, 2.05) is 0 Å². The number of non-ortho nitro benzene ring substituents is 1. The third-order valence-corrected chi connectivity index (χ3v) is 3.14. The van der Waals surface area contributed by atoms with Crippen molar-refractivity contribution in [2.75, 3.05) is 0 Å². The number of rotatable bonds is 5. The monoisotopic (exact) mass is 311 g/mol. The van der Waals surface area contributed by atoms with Crippen LogP contribution in [0.25, 0.3) is 0 Å². The molecule has 0 aliphatic carbocycles. The van der Waals surface area contributed by atoms with E-state index in [1.54, 1.807) is 18.2 Å². The van der Waals surface area contributed by atoms with Crippen LogP contribution in [-0.4, -0.2) is 10.0 Å². The number of aliphatic hydroxyl groups excluding tert-OH is 1. The van der Waals surface area contributed by atoms with E-state index < -0.39 is 10.7 Å². The van der Waals surface area contributed by atoms with Crippen LogP contribution in [0, 0.1) is 15.9 Å². The van der Waals surface area contributed by atoms with Crippen LogP contribution in [-0.2, 0) is 13.2 Å². The SMILES string of the molecule is O=[N+]([O-])c1cc(F)cc(COc2cccc(Cl)c2CO)c1. The molecule has 7 heteroatoms. The fourth-order valence-corrected chi connectivity index (χ4v) is 2.04. The Labute approximate surface area is 124 Å². The number of nitro groups is 1. The third kappa shape index (κ3) is 3.68. The number of ether oxygens (including phenoxy) is 1. The molecule has 0 saturated carbocycles. The Kier molecular flexibility index (Phi) is 4.72. The van der Waals surface area contributed by atoms with Crippen LogP contribution in [0.15, 0.2) is 36.4 Å². The van der Waals surface area contributed by atoms with Gasteiger partial charge in [-0.1, -0.05) is 17.7 Å². The van der Waals surface area contributed by atoms with Gasteiger partial charge in [0.15, 0.2) is 0 Å². The number of hydrogen-bond acceptors (Lipinski definition) is 4. The summed E-state index contributed by atoms with van der Waals surface area (Å²) >= 11 is 5.91. The van der Waals surface area contributed by atoms with Gasteiger partial charge >= 0.3 is 0 Å². The molecule has 0 saturated heterocycles. The van der Waals surface area contributed by atoms with Crippen molar-refractivity contribution in [3.8, 4) is 5.75 Å². The van der Waals surface area contributed by atoms with Crippen LogP contribution in [0.4, 0.5) is 10.1 Å². The highest BCUT2D eigenvalue weighted by molar-refractivity contribution is 6.31. The summed E-state index contributed by atoms with van der Waals surface area (Å²) in [6.45, 7) is -0.385. The van der Waals surface area contributed by atoms with Gasteiger partial charge in [0.1, 0.15) is 18.2 Å². The van der Waals surface area contributed by atoms with Crippen LogP contribution in [0.1, 0.15) is 11.1 Å². The zero-order chi connectivity index (χ0) is 15.4. The molecular weight excluding hydrogens is 301 g/mol. The Morgan fingerprint density at radius 1 is 1.33 bits per heavy atom. The lowest BCUT2D eigenvalue weighted by Crippen LogP contribution is -2.01. The first-order valence-corrected chi connectivity index (χ1v) is 6.34. The predicted molar refractivity (Wildman–Crippen MR) is 74.8 cm³/mol. The van der Waals surface area contributed by atoms with Crippen molar-refractivity contribution >= 4 is 17.3 Å². The van der Waals surface area contributed by atoms with Crippen molar-refractivity contribution < 1.29 is 19.2 Å². The average molecular weight is 312 g/mol. The third-order valence-electron chi connectivity index (χ3n) is 2.78. The van der Waals surface area contributed by atoms with Gasteiger partial charge in [0.25, 0.3) is 5.69 Å². The van der Waals surface area contributed by atoms with Crippen molar-refractivity contribution in [2.24, 2.45) is 0 Å². The smallest absolute Gasteiger partial charge is 0.272 e. The molecule has 110 valence electrons. The second-order valence-corrected chi connectivity index (χ2v) is 4.65. The van der Waals surface area contributed by atoms with E-state index in [0.29, 0.717) is 21.9 Å². The average Bonchev–Trinajstić information content (AvgIpc) is 2.44. The molecule has 0 radical (unpaired) electrons. The second-order valence-electron chi connectivity index (χ2n) is 4.24. The van der Waals surface area contributed by atoms with Crippen molar-refractivity contribution in [1.82, 2.24) is 0 Å². The number of hydrogen-bond donors (Lipinski definition) is 1. The molecule has 0 aliphatic heterocycles. The lowest BCUT2D eigenvalue weighted by molar-refractivity contribution is -0.385. The quantitative estimate of drug-likeness (QED) is 0.678. The zero-order valence-corrected chi connectivity index (χ0v) is 11.5. The van der Waals surface area contributed by atoms with Crippen LogP contribution < -0.4 is 4.74 Å². The summed E-state index contributed by atoms with van der Waals surface area (Å²) in [6.07, 6.45) is 0. The van der Waals surface area contributed by atoms with Gasteiger partial charge in [-0.3, -0.25) is 10.1 Å². The van der Waals surface area contributed by atoms with Gasteiger partial charge in [0.05, 0.1) is 17.6 Å². The van der Waals surface area contributed by atoms with Crippen LogP contribution >= 0.6 is 11.6 Å². The maximum atomic E-state index is 13.3. The van der Waals surface area contributed by atoms with Crippen molar-refractivity contribution in [1.29, 1.82) is 0 Å². The first kappa shape index (κ1) is 15.2. The minimum atomic E-state index is -0.712. The summed E-state index contributed by atoms with van der Waals surface area (Å²) in [5.74, 6) is -0.367. The standard InChI is InChI=1S/C14H11ClFNO4/c15-13-2-1-3-14(12(13)7-18)21-8-9-4-10(16)6-11(5-9)17(19)20/h1-6,18H,7-8H2. The molecule has 2 aromatic rings. The summed E-state index contributed by atoms with van der Waals surface area (Å²) < 4.78 is 18.8. The van der Waals surface area contributed by atoms with E-state index in [0.717, 1.165) is 12.1 Å². The topological polar surface area (TPSA) is 72.6 Å². The molecule has 0 amide bonds. The van der Waals surface area contributed by atoms with Gasteiger partial charge in [0.2, 0.25) is 0 Å². The minimum absolute atomic E-state index is 0.0774. The van der Waals surface area contributed by atoms with Crippen molar-refractivity contribution in [3.05, 3.63) is 68.5 Å². The maximum Gasteiger partial charge on any atom is 0.272 e. The molecule has 0 aliphatic rings. The Balaban J connectivity index is 2.21. The molecule has 0 unspecified atom stereocenters. The predicted octanol–water partition coefficient (Wildman–Crippen LogP) is 3.46. The molecule has 1 N–H and O–H groups in total. The van der Waals surface area contributed by atoms with E-state index in [9.17, 15) is 19.6 Å². The number of benzene rings is 2. The van der Waals surface area contributed by atoms with Gasteiger partial charge in [-0.15, -0.1) is 0 Å². The fraction of sp³-hybridized carbons (Fsp3) is 0.143. The largest absolute Gasteiger partial charge is 0.488 e. The summed E-state index contributed by atoms with van der Waals surface area (Å²) in [5, 5.41) is 20.3. The highest BCUT2D eigenvalue weighted by Gasteiger charge is 2.12. The lowest BCUT2D eigenvalue weighted by atomic mass is 10.2. The van der Waals surface area contributed by atoms with Gasteiger partial charge in [0, 0.05) is 16.7 Å². The molecule has 2 rings (SSSR count). The van der Waals surface area contributed by atoms with Gasteiger partial charge in [-0.2, -0.15) is 0 Å². The first-order valence-electron chi connectivity index (χ1n) is 5.96. The van der Waals surface area contributed by atoms with E-state index in [1.165, 1.54) is 6.07 Å². The summed E-state index contributed by atoms with van der Waals surface area (Å²) in [4.78, 5) is 10.00. The Bertz CT molecular complexity index is 678. The molecule has 0 heterocycles. The number of aliphatic hydroxyl groups is 1. The summed E-state index contributed by atoms with van der Waals surface area (Å²) in [6, 6.07) is 8.06. The summed E-state index contributed by atoms with van der Waals surface area (Å²) in [7, 11) is 0. The molecule has 0 bridgehead atoms. The Hall–Kier alpha value is -2.18. The van der Waals surface area contributed by atoms with Crippen LogP contribution in [0.3, 0.4) is 0 Å². The number of halogens is 2. The molecule has 0 atom stereocenters. The lowest BCUT2D eigenvalue weighted by Gasteiger charge is -2.11. The minimum Gasteiger partial charge on any atom is -0.488 e. The highest BCUT2D eigenvalue weighted by Crippen LogP contribution is 2.27. The molecule has 21 heavy (non-hydrogen) atoms. The molecule has 5 nitrogen and oxygen atoms in total. The molecule has 0 fully saturated rings. The van der Waals surface area contributed by atoms with E-state index in [2.05, 4.69) is 0 Å². The Morgan fingerprint density at radius 2 is 2.10 bits per heavy atom. The fourth-order valence-electron chi connectivity index (χ4n) is 1.81. The van der Waals surface area contributed by atoms with E-state index in [-0.39, 0.29) is 18.9 Å². The van der Waals surface area contributed by atoms with Gasteiger partial charge < -0.3 is 9.84 Å². The maximum absolute atomic E-state index is 13.3. The molecular formula is C14H11ClFNO4. The highest BCUT2D eigenvalue weighted by atomic mass is 35.5. The van der Waals surface area contributed by atoms with Crippen molar-refractivity contribution in [3.63, 3.8) is 0 Å². The van der Waals surface area contributed by atoms with Gasteiger partial charge in [-0.05, 0) is 23.8 Å². The van der Waals surface area contributed by atoms with E-state index in [4.69, 9.17) is 16.3 Å². The van der Waals surface area contributed by atoms with Gasteiger partial charge in [-0.25, -0.2) is 4.39 Å². The van der Waals surface area contributed by atoms with Crippen LogP contribution in [0.5, 0.6) is 5.75 Å². The first-order chi connectivity index (χ1) is 10.0.